The second kappa shape index (κ2) is 8.67. The minimum absolute atomic E-state index is 0.168. The third-order valence-electron chi connectivity index (χ3n) is 4.13. The third-order valence-corrected chi connectivity index (χ3v) is 4.13. The molecule has 4 nitrogen and oxygen atoms in total. The number of hydrogen-bond acceptors (Lipinski definition) is 3. The van der Waals surface area contributed by atoms with Crippen LogP contribution in [0, 0.1) is 0 Å². The van der Waals surface area contributed by atoms with Crippen molar-refractivity contribution in [1.82, 2.24) is 5.32 Å². The Kier molecular flexibility index (Phi) is 6.59. The van der Waals surface area contributed by atoms with Gasteiger partial charge in [0.1, 0.15) is 5.75 Å². The summed E-state index contributed by atoms with van der Waals surface area (Å²) in [5.41, 5.74) is 1.81. The molecule has 2 N–H and O–H groups in total. The van der Waals surface area contributed by atoms with Gasteiger partial charge in [-0.1, -0.05) is 37.6 Å². The van der Waals surface area contributed by atoms with Crippen molar-refractivity contribution >= 4 is 5.91 Å². The number of benzene rings is 2. The molecule has 0 bridgehead atoms. The van der Waals surface area contributed by atoms with Crippen molar-refractivity contribution in [1.29, 1.82) is 0 Å². The van der Waals surface area contributed by atoms with Crippen LogP contribution in [0.15, 0.2) is 48.5 Å². The summed E-state index contributed by atoms with van der Waals surface area (Å²) in [5.74, 6) is 0.612. The number of aliphatic hydroxyl groups is 1. The van der Waals surface area contributed by atoms with Crippen molar-refractivity contribution in [3.63, 3.8) is 0 Å². The number of ether oxygens (including phenoxy) is 1. The van der Waals surface area contributed by atoms with Crippen LogP contribution in [0.5, 0.6) is 5.75 Å². The Morgan fingerprint density at radius 3 is 2.24 bits per heavy atom. The first-order valence-corrected chi connectivity index (χ1v) is 8.66. The monoisotopic (exact) mass is 341 g/mol. The highest BCUT2D eigenvalue weighted by Gasteiger charge is 2.22. The van der Waals surface area contributed by atoms with Gasteiger partial charge in [-0.2, -0.15) is 0 Å². The Morgan fingerprint density at radius 2 is 1.68 bits per heavy atom. The van der Waals surface area contributed by atoms with Crippen LogP contribution < -0.4 is 10.1 Å². The van der Waals surface area contributed by atoms with Gasteiger partial charge < -0.3 is 15.2 Å². The first-order chi connectivity index (χ1) is 11.9. The smallest absolute Gasteiger partial charge is 0.251 e. The SMILES string of the molecule is CCCc1ccc(C(=O)NCC(C)(O)Cc2ccc(OC)cc2)cc1. The number of rotatable bonds is 8. The fourth-order valence-corrected chi connectivity index (χ4v) is 2.73. The van der Waals surface area contributed by atoms with E-state index in [9.17, 15) is 9.90 Å². The van der Waals surface area contributed by atoms with Crippen molar-refractivity contribution in [3.8, 4) is 5.75 Å². The lowest BCUT2D eigenvalue weighted by atomic mass is 9.96. The van der Waals surface area contributed by atoms with E-state index in [1.807, 2.05) is 48.5 Å². The lowest BCUT2D eigenvalue weighted by Crippen LogP contribution is -2.42. The lowest BCUT2D eigenvalue weighted by molar-refractivity contribution is 0.0552. The van der Waals surface area contributed by atoms with Crippen molar-refractivity contribution in [2.75, 3.05) is 13.7 Å². The molecule has 0 aliphatic heterocycles. The van der Waals surface area contributed by atoms with E-state index in [1.165, 1.54) is 5.56 Å². The van der Waals surface area contributed by atoms with E-state index in [0.29, 0.717) is 12.0 Å². The Morgan fingerprint density at radius 1 is 1.08 bits per heavy atom. The van der Waals surface area contributed by atoms with Gasteiger partial charge in [0, 0.05) is 18.5 Å². The summed E-state index contributed by atoms with van der Waals surface area (Å²) in [6.07, 6.45) is 2.55. The van der Waals surface area contributed by atoms with E-state index in [1.54, 1.807) is 14.0 Å². The summed E-state index contributed by atoms with van der Waals surface area (Å²) >= 11 is 0. The molecular weight excluding hydrogens is 314 g/mol. The predicted octanol–water partition coefficient (Wildman–Crippen LogP) is 3.37. The average Bonchev–Trinajstić information content (AvgIpc) is 2.61. The molecule has 0 saturated heterocycles. The zero-order valence-corrected chi connectivity index (χ0v) is 15.2. The molecule has 0 saturated carbocycles. The molecule has 1 amide bonds. The molecule has 4 heteroatoms. The maximum atomic E-state index is 12.3. The number of amides is 1. The molecule has 0 spiro atoms. The molecule has 0 aliphatic rings. The zero-order valence-electron chi connectivity index (χ0n) is 15.2. The van der Waals surface area contributed by atoms with Gasteiger partial charge in [0.15, 0.2) is 0 Å². The predicted molar refractivity (Wildman–Crippen MR) is 100 cm³/mol. The second-order valence-corrected chi connectivity index (χ2v) is 6.65. The van der Waals surface area contributed by atoms with E-state index in [0.717, 1.165) is 24.2 Å². The Hall–Kier alpha value is -2.33. The van der Waals surface area contributed by atoms with Gasteiger partial charge in [-0.3, -0.25) is 4.79 Å². The van der Waals surface area contributed by atoms with Crippen molar-refractivity contribution in [2.24, 2.45) is 0 Å². The zero-order chi connectivity index (χ0) is 18.3. The largest absolute Gasteiger partial charge is 0.497 e. The summed E-state index contributed by atoms with van der Waals surface area (Å²) in [4.78, 5) is 12.3. The van der Waals surface area contributed by atoms with Crippen LogP contribution in [-0.4, -0.2) is 30.3 Å². The number of nitrogens with one attached hydrogen (secondary N) is 1. The molecular formula is C21H27NO3. The standard InChI is InChI=1S/C21H27NO3/c1-4-5-16-6-10-18(11-7-16)20(23)22-15-21(2,24)14-17-8-12-19(25-3)13-9-17/h6-13,24H,4-5,14-15H2,1-3H3,(H,22,23). The van der Waals surface area contributed by atoms with Gasteiger partial charge in [-0.25, -0.2) is 0 Å². The first kappa shape index (κ1) is 19.0. The fourth-order valence-electron chi connectivity index (χ4n) is 2.73. The van der Waals surface area contributed by atoms with Gasteiger partial charge in [0.05, 0.1) is 12.7 Å². The normalized spacial score (nSPS) is 13.1. The number of aryl methyl sites for hydroxylation is 1. The van der Waals surface area contributed by atoms with E-state index in [2.05, 4.69) is 12.2 Å². The molecule has 134 valence electrons. The van der Waals surface area contributed by atoms with E-state index in [4.69, 9.17) is 4.74 Å². The highest BCUT2D eigenvalue weighted by atomic mass is 16.5. The van der Waals surface area contributed by atoms with Crippen LogP contribution >= 0.6 is 0 Å². The van der Waals surface area contributed by atoms with Crippen molar-refractivity contribution < 1.29 is 14.6 Å². The van der Waals surface area contributed by atoms with E-state index < -0.39 is 5.60 Å². The van der Waals surface area contributed by atoms with Crippen LogP contribution in [0.4, 0.5) is 0 Å². The fraction of sp³-hybridized carbons (Fsp3) is 0.381. The molecule has 0 aliphatic carbocycles. The third kappa shape index (κ3) is 5.91. The van der Waals surface area contributed by atoms with Crippen LogP contribution in [0.3, 0.4) is 0 Å². The van der Waals surface area contributed by atoms with Crippen LogP contribution in [0.2, 0.25) is 0 Å². The number of carbonyl (C=O) groups excluding carboxylic acids is 1. The molecule has 0 aromatic heterocycles. The van der Waals surface area contributed by atoms with Crippen molar-refractivity contribution in [3.05, 3.63) is 65.2 Å². The summed E-state index contributed by atoms with van der Waals surface area (Å²) < 4.78 is 5.13. The number of hydrogen-bond donors (Lipinski definition) is 2. The maximum absolute atomic E-state index is 12.3. The molecule has 0 heterocycles. The minimum Gasteiger partial charge on any atom is -0.497 e. The molecule has 0 fully saturated rings. The van der Waals surface area contributed by atoms with Gasteiger partial charge in [0.2, 0.25) is 0 Å². The summed E-state index contributed by atoms with van der Waals surface area (Å²) in [6, 6.07) is 15.2. The molecule has 2 aromatic rings. The van der Waals surface area contributed by atoms with Crippen molar-refractivity contribution in [2.45, 2.75) is 38.7 Å². The van der Waals surface area contributed by atoms with E-state index in [-0.39, 0.29) is 12.5 Å². The average molecular weight is 341 g/mol. The summed E-state index contributed by atoms with van der Waals surface area (Å²) in [6.45, 7) is 4.04. The highest BCUT2D eigenvalue weighted by Crippen LogP contribution is 2.17. The molecule has 25 heavy (non-hydrogen) atoms. The molecule has 1 unspecified atom stereocenters. The number of carbonyl (C=O) groups is 1. The van der Waals surface area contributed by atoms with Crippen LogP contribution in [0.25, 0.3) is 0 Å². The Balaban J connectivity index is 1.90. The molecule has 2 aromatic carbocycles. The van der Waals surface area contributed by atoms with Gasteiger partial charge in [-0.05, 0) is 48.7 Å². The first-order valence-electron chi connectivity index (χ1n) is 8.66. The summed E-state index contributed by atoms with van der Waals surface area (Å²) in [7, 11) is 1.62. The van der Waals surface area contributed by atoms with Crippen LogP contribution in [-0.2, 0) is 12.8 Å². The quantitative estimate of drug-likeness (QED) is 0.774. The second-order valence-electron chi connectivity index (χ2n) is 6.65. The number of methoxy groups -OCH3 is 1. The van der Waals surface area contributed by atoms with Crippen LogP contribution in [0.1, 0.15) is 41.8 Å². The molecule has 0 radical (unpaired) electrons. The van der Waals surface area contributed by atoms with Gasteiger partial charge in [0.25, 0.3) is 5.91 Å². The minimum atomic E-state index is -1.02. The highest BCUT2D eigenvalue weighted by molar-refractivity contribution is 5.94. The maximum Gasteiger partial charge on any atom is 0.251 e. The van der Waals surface area contributed by atoms with Gasteiger partial charge >= 0.3 is 0 Å². The molecule has 2 rings (SSSR count). The summed E-state index contributed by atoms with van der Waals surface area (Å²) in [5, 5.41) is 13.4. The Labute approximate surface area is 149 Å². The van der Waals surface area contributed by atoms with E-state index >= 15 is 0 Å². The lowest BCUT2D eigenvalue weighted by Gasteiger charge is -2.24. The van der Waals surface area contributed by atoms with Gasteiger partial charge in [-0.15, -0.1) is 0 Å². The molecule has 1 atom stereocenters. The topological polar surface area (TPSA) is 58.6 Å². The Bertz CT molecular complexity index is 675.